The third-order valence-electron chi connectivity index (χ3n) is 1.64. The zero-order valence-electron chi connectivity index (χ0n) is 6.87. The SMILES string of the molecule is CC(C)c1cc(F)cc(F)c1Cl. The fourth-order valence-electron chi connectivity index (χ4n) is 0.996. The maximum absolute atomic E-state index is 12.8. The molecule has 0 saturated carbocycles. The van der Waals surface area contributed by atoms with E-state index >= 15 is 0 Å². The van der Waals surface area contributed by atoms with E-state index in [2.05, 4.69) is 0 Å². The highest BCUT2D eigenvalue weighted by molar-refractivity contribution is 6.31. The minimum absolute atomic E-state index is 0.0198. The quantitative estimate of drug-likeness (QED) is 0.592. The molecule has 0 aliphatic heterocycles. The number of benzene rings is 1. The molecular formula is C9H9ClF2. The van der Waals surface area contributed by atoms with Crippen molar-refractivity contribution in [2.24, 2.45) is 0 Å². The highest BCUT2D eigenvalue weighted by Gasteiger charge is 2.11. The molecule has 0 unspecified atom stereocenters. The van der Waals surface area contributed by atoms with Gasteiger partial charge in [-0.15, -0.1) is 0 Å². The Morgan fingerprint density at radius 2 is 1.83 bits per heavy atom. The van der Waals surface area contributed by atoms with Crippen LogP contribution in [0.3, 0.4) is 0 Å². The van der Waals surface area contributed by atoms with Crippen LogP contribution in [0, 0.1) is 11.6 Å². The average molecular weight is 191 g/mol. The lowest BCUT2D eigenvalue weighted by atomic mass is 10.0. The molecule has 0 spiro atoms. The zero-order chi connectivity index (χ0) is 9.30. The molecule has 1 aromatic carbocycles. The molecule has 0 bridgehead atoms. The molecule has 12 heavy (non-hydrogen) atoms. The second kappa shape index (κ2) is 3.40. The van der Waals surface area contributed by atoms with Crippen molar-refractivity contribution in [1.82, 2.24) is 0 Å². The Bertz CT molecular complexity index is 295. The summed E-state index contributed by atoms with van der Waals surface area (Å²) in [5, 5.41) is 0.0198. The van der Waals surface area contributed by atoms with Gasteiger partial charge >= 0.3 is 0 Å². The van der Waals surface area contributed by atoms with Crippen molar-refractivity contribution >= 4 is 11.6 Å². The van der Waals surface area contributed by atoms with Crippen LogP contribution in [0.1, 0.15) is 25.3 Å². The van der Waals surface area contributed by atoms with Gasteiger partial charge in [0.1, 0.15) is 11.6 Å². The number of hydrogen-bond donors (Lipinski definition) is 0. The van der Waals surface area contributed by atoms with E-state index in [0.29, 0.717) is 5.56 Å². The first-order valence-electron chi connectivity index (χ1n) is 3.67. The largest absolute Gasteiger partial charge is 0.207 e. The van der Waals surface area contributed by atoms with Crippen LogP contribution in [0.2, 0.25) is 5.02 Å². The van der Waals surface area contributed by atoms with E-state index in [9.17, 15) is 8.78 Å². The van der Waals surface area contributed by atoms with Crippen LogP contribution in [0.15, 0.2) is 12.1 Å². The third-order valence-corrected chi connectivity index (χ3v) is 2.04. The summed E-state index contributed by atoms with van der Waals surface area (Å²) in [6.07, 6.45) is 0. The maximum Gasteiger partial charge on any atom is 0.144 e. The summed E-state index contributed by atoms with van der Waals surface area (Å²) in [7, 11) is 0. The van der Waals surface area contributed by atoms with Crippen LogP contribution >= 0.6 is 11.6 Å². The fourth-order valence-corrected chi connectivity index (χ4v) is 1.32. The van der Waals surface area contributed by atoms with Crippen molar-refractivity contribution in [1.29, 1.82) is 0 Å². The average Bonchev–Trinajstić information content (AvgIpc) is 1.96. The summed E-state index contributed by atoms with van der Waals surface area (Å²) in [5.74, 6) is -1.25. The normalized spacial score (nSPS) is 10.8. The summed E-state index contributed by atoms with van der Waals surface area (Å²) in [6, 6.07) is 2.05. The van der Waals surface area contributed by atoms with Gasteiger partial charge in [-0.05, 0) is 17.5 Å². The van der Waals surface area contributed by atoms with Crippen LogP contribution in [0.25, 0.3) is 0 Å². The molecule has 3 heteroatoms. The van der Waals surface area contributed by atoms with Crippen molar-refractivity contribution in [3.8, 4) is 0 Å². The highest BCUT2D eigenvalue weighted by Crippen LogP contribution is 2.27. The predicted octanol–water partition coefficient (Wildman–Crippen LogP) is 3.74. The molecule has 0 N–H and O–H groups in total. The van der Waals surface area contributed by atoms with Crippen molar-refractivity contribution in [3.63, 3.8) is 0 Å². The van der Waals surface area contributed by atoms with Gasteiger partial charge < -0.3 is 0 Å². The Kier molecular flexibility index (Phi) is 2.68. The van der Waals surface area contributed by atoms with E-state index in [1.54, 1.807) is 0 Å². The molecule has 0 radical (unpaired) electrons. The molecule has 0 aliphatic rings. The van der Waals surface area contributed by atoms with Gasteiger partial charge in [-0.2, -0.15) is 0 Å². The smallest absolute Gasteiger partial charge is 0.144 e. The molecule has 0 amide bonds. The second-order valence-electron chi connectivity index (χ2n) is 2.95. The Balaban J connectivity index is 3.28. The molecule has 1 rings (SSSR count). The Labute approximate surface area is 75.2 Å². The monoisotopic (exact) mass is 190 g/mol. The van der Waals surface area contributed by atoms with Gasteiger partial charge in [0.15, 0.2) is 0 Å². The Hall–Kier alpha value is -0.630. The van der Waals surface area contributed by atoms with Gasteiger partial charge in [-0.1, -0.05) is 25.4 Å². The molecule has 0 fully saturated rings. The van der Waals surface area contributed by atoms with Crippen molar-refractivity contribution in [3.05, 3.63) is 34.4 Å². The molecule has 0 aliphatic carbocycles. The minimum atomic E-state index is -0.694. The van der Waals surface area contributed by atoms with E-state index in [-0.39, 0.29) is 10.9 Å². The lowest BCUT2D eigenvalue weighted by Crippen LogP contribution is -1.93. The molecule has 0 nitrogen and oxygen atoms in total. The second-order valence-corrected chi connectivity index (χ2v) is 3.32. The summed E-state index contributed by atoms with van der Waals surface area (Å²) in [5.41, 5.74) is 0.508. The number of rotatable bonds is 1. The summed E-state index contributed by atoms with van der Waals surface area (Å²) in [4.78, 5) is 0. The van der Waals surface area contributed by atoms with Crippen molar-refractivity contribution in [2.45, 2.75) is 19.8 Å². The molecular weight excluding hydrogens is 182 g/mol. The van der Waals surface area contributed by atoms with Gasteiger partial charge in [0.2, 0.25) is 0 Å². The van der Waals surface area contributed by atoms with Gasteiger partial charge in [-0.3, -0.25) is 0 Å². The first-order valence-corrected chi connectivity index (χ1v) is 4.04. The first-order chi connectivity index (χ1) is 5.52. The zero-order valence-corrected chi connectivity index (χ0v) is 7.62. The molecule has 0 heterocycles. The van der Waals surface area contributed by atoms with Crippen LogP contribution in [-0.4, -0.2) is 0 Å². The summed E-state index contributed by atoms with van der Waals surface area (Å²) >= 11 is 5.62. The number of halogens is 3. The lowest BCUT2D eigenvalue weighted by molar-refractivity contribution is 0.577. The van der Waals surface area contributed by atoms with Crippen LogP contribution in [0.4, 0.5) is 8.78 Å². The summed E-state index contributed by atoms with van der Waals surface area (Å²) < 4.78 is 25.5. The Morgan fingerprint density at radius 1 is 1.25 bits per heavy atom. The molecule has 0 aromatic heterocycles. The van der Waals surface area contributed by atoms with E-state index in [1.165, 1.54) is 6.07 Å². The third kappa shape index (κ3) is 1.75. The predicted molar refractivity (Wildman–Crippen MR) is 45.5 cm³/mol. The van der Waals surface area contributed by atoms with Crippen molar-refractivity contribution in [2.75, 3.05) is 0 Å². The van der Waals surface area contributed by atoms with E-state index in [0.717, 1.165) is 6.07 Å². The van der Waals surface area contributed by atoms with Crippen LogP contribution in [-0.2, 0) is 0 Å². The lowest BCUT2D eigenvalue weighted by Gasteiger charge is -2.08. The fraction of sp³-hybridized carbons (Fsp3) is 0.333. The standard InChI is InChI=1S/C9H9ClF2/c1-5(2)7-3-6(11)4-8(12)9(7)10/h3-5H,1-2H3. The molecule has 0 saturated heterocycles. The molecule has 1 aromatic rings. The van der Waals surface area contributed by atoms with Gasteiger partial charge in [0, 0.05) is 6.07 Å². The first kappa shape index (κ1) is 9.46. The summed E-state index contributed by atoms with van der Waals surface area (Å²) in [6.45, 7) is 3.67. The van der Waals surface area contributed by atoms with E-state index in [4.69, 9.17) is 11.6 Å². The van der Waals surface area contributed by atoms with Crippen molar-refractivity contribution < 1.29 is 8.78 Å². The molecule has 66 valence electrons. The topological polar surface area (TPSA) is 0 Å². The van der Waals surface area contributed by atoms with Crippen LogP contribution < -0.4 is 0 Å². The van der Waals surface area contributed by atoms with E-state index < -0.39 is 11.6 Å². The van der Waals surface area contributed by atoms with Gasteiger partial charge in [0.25, 0.3) is 0 Å². The van der Waals surface area contributed by atoms with E-state index in [1.807, 2.05) is 13.8 Å². The number of hydrogen-bond acceptors (Lipinski definition) is 0. The van der Waals surface area contributed by atoms with Crippen LogP contribution in [0.5, 0.6) is 0 Å². The minimum Gasteiger partial charge on any atom is -0.207 e. The molecule has 0 atom stereocenters. The van der Waals surface area contributed by atoms with Gasteiger partial charge in [-0.25, -0.2) is 8.78 Å². The van der Waals surface area contributed by atoms with Gasteiger partial charge in [0.05, 0.1) is 5.02 Å². The maximum atomic E-state index is 12.8. The Morgan fingerprint density at radius 3 is 2.33 bits per heavy atom. The highest BCUT2D eigenvalue weighted by atomic mass is 35.5.